The molecule has 0 bridgehead atoms. The second-order valence-corrected chi connectivity index (χ2v) is 6.23. The maximum Gasteiger partial charge on any atom is 0.149 e. The molecule has 0 saturated heterocycles. The van der Waals surface area contributed by atoms with Crippen molar-refractivity contribution in [2.75, 3.05) is 0 Å². The Hall–Kier alpha value is -1.69. The molecule has 6 nitrogen and oxygen atoms in total. The van der Waals surface area contributed by atoms with E-state index >= 15 is 0 Å². The third-order valence-electron chi connectivity index (χ3n) is 4.85. The van der Waals surface area contributed by atoms with Gasteiger partial charge in [0.25, 0.3) is 0 Å². The van der Waals surface area contributed by atoms with E-state index in [2.05, 4.69) is 32.1 Å². The van der Waals surface area contributed by atoms with Gasteiger partial charge in [0.2, 0.25) is 0 Å². The molecule has 6 heteroatoms. The Morgan fingerprint density at radius 2 is 2.19 bits per heavy atom. The first kappa shape index (κ1) is 13.0. The first-order chi connectivity index (χ1) is 10.2. The molecule has 0 fully saturated rings. The summed E-state index contributed by atoms with van der Waals surface area (Å²) in [5.41, 5.74) is 2.73. The van der Waals surface area contributed by atoms with Crippen LogP contribution in [0.2, 0.25) is 0 Å². The Morgan fingerprint density at radius 3 is 3.10 bits per heavy atom. The van der Waals surface area contributed by atoms with Crippen LogP contribution < -0.4 is 5.32 Å². The molecule has 0 saturated carbocycles. The number of nitrogens with zero attached hydrogens (tertiary/aromatic N) is 5. The van der Waals surface area contributed by atoms with Gasteiger partial charge in [0.15, 0.2) is 0 Å². The van der Waals surface area contributed by atoms with Crippen LogP contribution in [0.15, 0.2) is 6.20 Å². The van der Waals surface area contributed by atoms with Crippen molar-refractivity contribution in [3.8, 4) is 0 Å². The van der Waals surface area contributed by atoms with Gasteiger partial charge in [-0.3, -0.25) is 4.68 Å². The molecule has 4 rings (SSSR count). The maximum atomic E-state index is 4.42. The van der Waals surface area contributed by atoms with E-state index in [9.17, 15) is 0 Å². The maximum absolute atomic E-state index is 4.42. The van der Waals surface area contributed by atoms with E-state index in [4.69, 9.17) is 0 Å². The molecule has 1 aliphatic heterocycles. The Bertz CT molecular complexity index is 655. The van der Waals surface area contributed by atoms with Crippen LogP contribution in [0.4, 0.5) is 0 Å². The number of nitrogens with one attached hydrogen (secondary N) is 1. The first-order valence-electron chi connectivity index (χ1n) is 7.93. The molecule has 2 aliphatic rings. The highest BCUT2D eigenvalue weighted by Crippen LogP contribution is 2.31. The second-order valence-electron chi connectivity index (χ2n) is 6.23. The molecule has 1 N–H and O–H groups in total. The average molecular weight is 286 g/mol. The van der Waals surface area contributed by atoms with Crippen LogP contribution in [0.3, 0.4) is 0 Å². The lowest BCUT2D eigenvalue weighted by molar-refractivity contribution is 0.394. The van der Waals surface area contributed by atoms with Crippen molar-refractivity contribution in [3.05, 3.63) is 29.1 Å². The molecule has 1 aliphatic carbocycles. The molecule has 2 aromatic rings. The van der Waals surface area contributed by atoms with E-state index in [1.807, 2.05) is 17.9 Å². The lowest BCUT2D eigenvalue weighted by atomic mass is 9.92. The molecule has 3 heterocycles. The fourth-order valence-corrected chi connectivity index (χ4v) is 3.75. The number of hydrogen-bond donors (Lipinski definition) is 1. The summed E-state index contributed by atoms with van der Waals surface area (Å²) in [4.78, 5) is 0. The summed E-state index contributed by atoms with van der Waals surface area (Å²) in [6, 6.07) is 0.604. The molecule has 0 radical (unpaired) electrons. The molecular weight excluding hydrogens is 264 g/mol. The summed E-state index contributed by atoms with van der Waals surface area (Å²) in [5.74, 6) is 2.22. The Balaban J connectivity index is 1.56. The highest BCUT2D eigenvalue weighted by atomic mass is 15.3. The number of aromatic nitrogens is 5. The van der Waals surface area contributed by atoms with Crippen molar-refractivity contribution in [3.63, 3.8) is 0 Å². The SMILES string of the molecule is CC(NC1CCCc2c1cnn2C)c1nnc2n1CCC2. The molecule has 2 unspecified atom stereocenters. The van der Waals surface area contributed by atoms with Crippen LogP contribution in [0, 0.1) is 0 Å². The van der Waals surface area contributed by atoms with Gasteiger partial charge in [-0.15, -0.1) is 10.2 Å². The zero-order valence-electron chi connectivity index (χ0n) is 12.7. The molecule has 0 aromatic carbocycles. The molecule has 0 spiro atoms. The van der Waals surface area contributed by atoms with E-state index in [-0.39, 0.29) is 6.04 Å². The summed E-state index contributed by atoms with van der Waals surface area (Å²) in [5, 5.41) is 16.9. The quantitative estimate of drug-likeness (QED) is 0.932. The summed E-state index contributed by atoms with van der Waals surface area (Å²) in [7, 11) is 2.04. The van der Waals surface area contributed by atoms with Crippen molar-refractivity contribution in [1.82, 2.24) is 29.9 Å². The van der Waals surface area contributed by atoms with Gasteiger partial charge in [-0.2, -0.15) is 5.10 Å². The first-order valence-corrected chi connectivity index (χ1v) is 7.93. The molecule has 0 amide bonds. The fraction of sp³-hybridized carbons (Fsp3) is 0.667. The lowest BCUT2D eigenvalue weighted by Crippen LogP contribution is -2.29. The highest BCUT2D eigenvalue weighted by molar-refractivity contribution is 5.25. The van der Waals surface area contributed by atoms with Crippen molar-refractivity contribution in [2.45, 2.75) is 57.7 Å². The minimum Gasteiger partial charge on any atom is -0.314 e. The van der Waals surface area contributed by atoms with Gasteiger partial charge in [-0.25, -0.2) is 0 Å². The number of rotatable bonds is 3. The van der Waals surface area contributed by atoms with E-state index in [1.165, 1.54) is 30.5 Å². The minimum atomic E-state index is 0.223. The Kier molecular flexibility index (Phi) is 3.06. The van der Waals surface area contributed by atoms with Gasteiger partial charge < -0.3 is 9.88 Å². The van der Waals surface area contributed by atoms with E-state index in [0.29, 0.717) is 6.04 Å². The van der Waals surface area contributed by atoms with Crippen LogP contribution >= 0.6 is 0 Å². The van der Waals surface area contributed by atoms with Gasteiger partial charge in [-0.1, -0.05) is 0 Å². The number of hydrogen-bond acceptors (Lipinski definition) is 4. The largest absolute Gasteiger partial charge is 0.314 e. The normalized spacial score (nSPS) is 22.1. The Labute approximate surface area is 124 Å². The summed E-state index contributed by atoms with van der Waals surface area (Å²) >= 11 is 0. The third kappa shape index (κ3) is 2.09. The third-order valence-corrected chi connectivity index (χ3v) is 4.85. The lowest BCUT2D eigenvalue weighted by Gasteiger charge is -2.27. The van der Waals surface area contributed by atoms with Gasteiger partial charge in [-0.05, 0) is 32.6 Å². The van der Waals surface area contributed by atoms with Crippen molar-refractivity contribution in [2.24, 2.45) is 7.05 Å². The summed E-state index contributed by atoms with van der Waals surface area (Å²) in [6.07, 6.45) is 7.81. The summed E-state index contributed by atoms with van der Waals surface area (Å²) in [6.45, 7) is 3.26. The fourth-order valence-electron chi connectivity index (χ4n) is 3.75. The second kappa shape index (κ2) is 4.94. The smallest absolute Gasteiger partial charge is 0.149 e. The van der Waals surface area contributed by atoms with Crippen LogP contribution in [-0.2, 0) is 26.4 Å². The minimum absolute atomic E-state index is 0.223. The molecule has 112 valence electrons. The Morgan fingerprint density at radius 1 is 1.29 bits per heavy atom. The average Bonchev–Trinajstić information content (AvgIpc) is 3.15. The van der Waals surface area contributed by atoms with Gasteiger partial charge in [0.05, 0.1) is 12.2 Å². The number of fused-ring (bicyclic) bond motifs is 2. The zero-order valence-corrected chi connectivity index (χ0v) is 12.7. The van der Waals surface area contributed by atoms with E-state index in [0.717, 1.165) is 31.0 Å². The summed E-state index contributed by atoms with van der Waals surface area (Å²) < 4.78 is 4.30. The standard InChI is InChI=1S/C15H22N6/c1-10(15-19-18-14-7-4-8-21(14)15)17-12-5-3-6-13-11(12)9-16-20(13)2/h9-10,12,17H,3-8H2,1-2H3. The predicted octanol–water partition coefficient (Wildman–Crippen LogP) is 1.69. The van der Waals surface area contributed by atoms with Crippen molar-refractivity contribution in [1.29, 1.82) is 0 Å². The van der Waals surface area contributed by atoms with Gasteiger partial charge >= 0.3 is 0 Å². The van der Waals surface area contributed by atoms with Crippen LogP contribution in [0.1, 0.15) is 61.2 Å². The van der Waals surface area contributed by atoms with Crippen LogP contribution in [0.5, 0.6) is 0 Å². The van der Waals surface area contributed by atoms with E-state index < -0.39 is 0 Å². The predicted molar refractivity (Wildman–Crippen MR) is 78.8 cm³/mol. The van der Waals surface area contributed by atoms with Gasteiger partial charge in [0, 0.05) is 37.3 Å². The van der Waals surface area contributed by atoms with Crippen molar-refractivity contribution < 1.29 is 0 Å². The molecular formula is C15H22N6. The van der Waals surface area contributed by atoms with Gasteiger partial charge in [0.1, 0.15) is 11.6 Å². The molecule has 2 atom stereocenters. The van der Waals surface area contributed by atoms with Crippen LogP contribution in [0.25, 0.3) is 0 Å². The monoisotopic (exact) mass is 286 g/mol. The number of aryl methyl sites for hydroxylation is 2. The van der Waals surface area contributed by atoms with Crippen LogP contribution in [-0.4, -0.2) is 24.5 Å². The highest BCUT2D eigenvalue weighted by Gasteiger charge is 2.27. The van der Waals surface area contributed by atoms with Crippen molar-refractivity contribution >= 4 is 0 Å². The topological polar surface area (TPSA) is 60.6 Å². The molecule has 21 heavy (non-hydrogen) atoms. The van der Waals surface area contributed by atoms with E-state index in [1.54, 1.807) is 0 Å². The molecule has 2 aromatic heterocycles. The zero-order chi connectivity index (χ0) is 14.4.